The van der Waals surface area contributed by atoms with Gasteiger partial charge in [0.15, 0.2) is 0 Å². The first-order chi connectivity index (χ1) is 25.8. The van der Waals surface area contributed by atoms with E-state index in [1.54, 1.807) is 0 Å². The van der Waals surface area contributed by atoms with Crippen LogP contribution in [0.25, 0.3) is 0 Å². The van der Waals surface area contributed by atoms with Crippen molar-refractivity contribution in [2.45, 2.75) is 187 Å². The van der Waals surface area contributed by atoms with Crippen LogP contribution in [0.4, 0.5) is 0 Å². The predicted molar refractivity (Wildman–Crippen MR) is 219 cm³/mol. The summed E-state index contributed by atoms with van der Waals surface area (Å²) < 4.78 is 33.2. The number of phosphoric ester groups is 1. The Morgan fingerprint density at radius 2 is 1.04 bits per heavy atom. The van der Waals surface area contributed by atoms with Gasteiger partial charge in [-0.2, -0.15) is 0 Å². The van der Waals surface area contributed by atoms with Crippen LogP contribution in [0, 0.1) is 0 Å². The molecule has 0 heterocycles. The summed E-state index contributed by atoms with van der Waals surface area (Å²) in [6.45, 7) is 3.31. The normalized spacial score (nSPS) is 14.6. The first kappa shape index (κ1) is 51.4. The molecule has 0 bridgehead atoms. The molecule has 0 aliphatic heterocycles. The van der Waals surface area contributed by atoms with Crippen LogP contribution in [0.2, 0.25) is 0 Å². The zero-order chi connectivity index (χ0) is 38.9. The highest BCUT2D eigenvalue weighted by Crippen LogP contribution is 2.43. The summed E-state index contributed by atoms with van der Waals surface area (Å²) in [5, 5.41) is 18.3. The minimum absolute atomic E-state index is 0.0218. The van der Waals surface area contributed by atoms with E-state index in [9.17, 15) is 19.4 Å². The number of carbonyl (C=O) groups is 1. The van der Waals surface area contributed by atoms with Crippen molar-refractivity contribution in [1.29, 1.82) is 0 Å². The van der Waals surface area contributed by atoms with Crippen molar-refractivity contribution in [2.24, 2.45) is 0 Å². The Balaban J connectivity index is 4.20. The number of aliphatic hydroxyl groups excluding tert-OH is 2. The van der Waals surface area contributed by atoms with Crippen LogP contribution in [-0.2, 0) is 27.9 Å². The van der Waals surface area contributed by atoms with Gasteiger partial charge >= 0.3 is 13.8 Å². The lowest BCUT2D eigenvalue weighted by atomic mass is 10.0. The first-order valence-corrected chi connectivity index (χ1v) is 22.6. The summed E-state index contributed by atoms with van der Waals surface area (Å²) in [5.74, 6) is -0.461. The molecule has 10 heteroatoms. The topological polar surface area (TPSA) is 132 Å². The highest BCUT2D eigenvalue weighted by atomic mass is 31.2. The summed E-state index contributed by atoms with van der Waals surface area (Å²) in [6, 6.07) is 0. The van der Waals surface area contributed by atoms with Gasteiger partial charge in [-0.3, -0.25) is 13.8 Å². The number of allylic oxidation sites excluding steroid dienone is 8. The number of ether oxygens (including phenoxy) is 2. The molecule has 0 rings (SSSR count). The van der Waals surface area contributed by atoms with Gasteiger partial charge in [0.25, 0.3) is 0 Å². The molecule has 0 aromatic rings. The molecule has 9 nitrogen and oxygen atoms in total. The third kappa shape index (κ3) is 39.9. The minimum Gasteiger partial charge on any atom is -0.457 e. The van der Waals surface area contributed by atoms with Crippen molar-refractivity contribution in [1.82, 2.24) is 0 Å². The van der Waals surface area contributed by atoms with Crippen LogP contribution in [-0.4, -0.2) is 66.3 Å². The van der Waals surface area contributed by atoms with Crippen molar-refractivity contribution in [3.05, 3.63) is 48.6 Å². The van der Waals surface area contributed by atoms with E-state index >= 15 is 0 Å². The molecule has 0 radical (unpaired) electrons. The SMILES string of the molecule is CC/C=C\C/C=C\C/C=C\C/C=C\CCC(=O)OC(COCCCCCCCCCCCCCCCCCCCCC)COP(=O)(O)OCC(O)CO. The van der Waals surface area contributed by atoms with Crippen LogP contribution in [0.1, 0.15) is 174 Å². The van der Waals surface area contributed by atoms with E-state index < -0.39 is 45.8 Å². The molecule has 3 atom stereocenters. The quantitative estimate of drug-likeness (QED) is 0.0241. The van der Waals surface area contributed by atoms with Gasteiger partial charge in [0.2, 0.25) is 0 Å². The fraction of sp³-hybridized carbons (Fsp3) is 0.791. The molecule has 0 spiro atoms. The molecular formula is C43H79O9P. The highest BCUT2D eigenvalue weighted by molar-refractivity contribution is 7.47. The zero-order valence-corrected chi connectivity index (χ0v) is 34.6. The standard InChI is InChI=1S/C43H79O9P/c1-3-5-7-9-11-13-15-17-18-19-20-21-22-24-26-28-30-32-34-36-49-39-42(40-51-53(47,48)50-38-41(45)37-44)52-43(46)35-33-31-29-27-25-23-16-14-12-10-8-6-4-2/h6,8,12,14,23,25,29,31,41-42,44-45H,3-5,7,9-11,13,15-22,24,26-28,30,32-40H2,1-2H3,(H,47,48)/b8-6-,14-12-,25-23-,31-29-. The number of unbranched alkanes of at least 4 members (excludes halogenated alkanes) is 18. The Kier molecular flexibility index (Phi) is 38.9. The summed E-state index contributed by atoms with van der Waals surface area (Å²) >= 11 is 0. The monoisotopic (exact) mass is 771 g/mol. The van der Waals surface area contributed by atoms with E-state index in [-0.39, 0.29) is 13.0 Å². The second-order valence-electron chi connectivity index (χ2n) is 14.0. The highest BCUT2D eigenvalue weighted by Gasteiger charge is 2.26. The van der Waals surface area contributed by atoms with Gasteiger partial charge in [-0.1, -0.05) is 178 Å². The maximum Gasteiger partial charge on any atom is 0.472 e. The van der Waals surface area contributed by atoms with E-state index in [0.717, 1.165) is 44.9 Å². The fourth-order valence-electron chi connectivity index (χ4n) is 5.60. The maximum absolute atomic E-state index is 12.5. The lowest BCUT2D eigenvalue weighted by Gasteiger charge is -2.20. The Hall–Kier alpha value is -1.58. The summed E-state index contributed by atoms with van der Waals surface area (Å²) in [6.07, 6.45) is 43.8. The van der Waals surface area contributed by atoms with Gasteiger partial charge in [0.05, 0.1) is 26.4 Å². The average Bonchev–Trinajstić information content (AvgIpc) is 3.15. The van der Waals surface area contributed by atoms with Crippen LogP contribution >= 0.6 is 7.82 Å². The van der Waals surface area contributed by atoms with E-state index in [0.29, 0.717) is 13.0 Å². The molecule has 0 aromatic carbocycles. The Bertz CT molecular complexity index is 965. The van der Waals surface area contributed by atoms with E-state index in [4.69, 9.17) is 23.6 Å². The second-order valence-corrected chi connectivity index (χ2v) is 15.4. The number of hydrogen-bond acceptors (Lipinski definition) is 8. The molecule has 0 aliphatic rings. The summed E-state index contributed by atoms with van der Waals surface area (Å²) in [4.78, 5) is 22.5. The lowest BCUT2D eigenvalue weighted by molar-refractivity contribution is -0.154. The summed E-state index contributed by atoms with van der Waals surface area (Å²) in [7, 11) is -4.53. The molecule has 0 saturated heterocycles. The number of esters is 1. The van der Waals surface area contributed by atoms with Crippen LogP contribution in [0.15, 0.2) is 48.6 Å². The smallest absolute Gasteiger partial charge is 0.457 e. The number of carbonyl (C=O) groups excluding carboxylic acids is 1. The zero-order valence-electron chi connectivity index (χ0n) is 33.7. The number of aliphatic hydroxyl groups is 2. The van der Waals surface area contributed by atoms with Gasteiger partial charge in [0, 0.05) is 13.0 Å². The van der Waals surface area contributed by atoms with Gasteiger partial charge in [-0.15, -0.1) is 0 Å². The molecule has 0 saturated carbocycles. The van der Waals surface area contributed by atoms with E-state index in [2.05, 4.69) is 50.3 Å². The Labute approximate surface area is 324 Å². The van der Waals surface area contributed by atoms with Crippen LogP contribution < -0.4 is 0 Å². The van der Waals surface area contributed by atoms with Crippen molar-refractivity contribution < 1.29 is 43.0 Å². The molecule has 3 N–H and O–H groups in total. The van der Waals surface area contributed by atoms with Gasteiger partial charge in [0.1, 0.15) is 12.2 Å². The number of hydrogen-bond donors (Lipinski definition) is 3. The van der Waals surface area contributed by atoms with E-state index in [1.807, 2.05) is 12.2 Å². The van der Waals surface area contributed by atoms with Gasteiger partial charge in [-0.25, -0.2) is 4.57 Å². The van der Waals surface area contributed by atoms with Crippen molar-refractivity contribution in [3.8, 4) is 0 Å². The molecular weight excluding hydrogens is 691 g/mol. The molecule has 3 unspecified atom stereocenters. The first-order valence-electron chi connectivity index (χ1n) is 21.1. The molecule has 310 valence electrons. The van der Waals surface area contributed by atoms with Crippen molar-refractivity contribution in [2.75, 3.05) is 33.0 Å². The van der Waals surface area contributed by atoms with Crippen molar-refractivity contribution in [3.63, 3.8) is 0 Å². The number of rotatable bonds is 40. The second kappa shape index (κ2) is 40.1. The Morgan fingerprint density at radius 1 is 0.604 bits per heavy atom. The van der Waals surface area contributed by atoms with Crippen LogP contribution in [0.3, 0.4) is 0 Å². The predicted octanol–water partition coefficient (Wildman–Crippen LogP) is 11.4. The third-order valence-electron chi connectivity index (χ3n) is 8.79. The minimum atomic E-state index is -4.53. The largest absolute Gasteiger partial charge is 0.472 e. The molecule has 0 aromatic heterocycles. The molecule has 0 amide bonds. The van der Waals surface area contributed by atoms with Crippen LogP contribution in [0.5, 0.6) is 0 Å². The maximum atomic E-state index is 12.5. The third-order valence-corrected chi connectivity index (χ3v) is 9.74. The van der Waals surface area contributed by atoms with E-state index in [1.165, 1.54) is 103 Å². The van der Waals surface area contributed by atoms with Gasteiger partial charge < -0.3 is 24.6 Å². The molecule has 53 heavy (non-hydrogen) atoms. The fourth-order valence-corrected chi connectivity index (χ4v) is 6.39. The molecule has 0 fully saturated rings. The average molecular weight is 771 g/mol. The molecule has 0 aliphatic carbocycles. The lowest BCUT2D eigenvalue weighted by Crippen LogP contribution is -2.29. The van der Waals surface area contributed by atoms with Crippen molar-refractivity contribution >= 4 is 13.8 Å². The Morgan fingerprint density at radius 3 is 1.51 bits per heavy atom. The number of phosphoric acid groups is 1. The van der Waals surface area contributed by atoms with Gasteiger partial charge in [-0.05, 0) is 38.5 Å². The summed E-state index contributed by atoms with van der Waals surface area (Å²) in [5.41, 5.74) is 0.